The summed E-state index contributed by atoms with van der Waals surface area (Å²) in [5.74, 6) is -1.54. The number of hydrogen-bond acceptors (Lipinski definition) is 5. The molecule has 0 heterocycles. The SMILES string of the molecule is CCO/C(=N\S(=O)(=O)c1ccc(C)cc1)[C@H](c1ccccc1)[C@H](C[N+](=O)[O-])c1ccccc1. The molecule has 33 heavy (non-hydrogen) atoms. The maximum atomic E-state index is 13.1. The largest absolute Gasteiger partial charge is 0.480 e. The highest BCUT2D eigenvalue weighted by Crippen LogP contribution is 2.36. The van der Waals surface area contributed by atoms with Crippen LogP contribution in [0.15, 0.2) is 94.2 Å². The minimum atomic E-state index is -4.10. The van der Waals surface area contributed by atoms with Crippen molar-refractivity contribution in [2.45, 2.75) is 30.6 Å². The van der Waals surface area contributed by atoms with E-state index in [0.29, 0.717) is 11.1 Å². The van der Waals surface area contributed by atoms with E-state index in [9.17, 15) is 18.5 Å². The van der Waals surface area contributed by atoms with Crippen molar-refractivity contribution in [3.8, 4) is 0 Å². The fourth-order valence-electron chi connectivity index (χ4n) is 3.67. The van der Waals surface area contributed by atoms with Gasteiger partial charge >= 0.3 is 0 Å². The number of hydrogen-bond donors (Lipinski definition) is 0. The maximum absolute atomic E-state index is 13.1. The summed E-state index contributed by atoms with van der Waals surface area (Å²) in [5, 5.41) is 11.6. The smallest absolute Gasteiger partial charge is 0.285 e. The highest BCUT2D eigenvalue weighted by atomic mass is 32.2. The van der Waals surface area contributed by atoms with E-state index in [2.05, 4.69) is 4.40 Å². The molecule has 0 saturated carbocycles. The van der Waals surface area contributed by atoms with Gasteiger partial charge in [-0.2, -0.15) is 8.42 Å². The standard InChI is InChI=1S/C25H26N2O5S/c1-3-32-25(26-33(30,31)22-16-14-19(2)15-17-22)24(21-12-8-5-9-13-21)23(18-27(28)29)20-10-6-4-7-11-20/h4-17,23-24H,3,18H2,1-2H3/b26-25-/t23-,24-/m1/s1. The molecule has 0 aliphatic carbocycles. The molecule has 3 aromatic carbocycles. The molecule has 8 heteroatoms. The zero-order valence-electron chi connectivity index (χ0n) is 18.5. The predicted molar refractivity (Wildman–Crippen MR) is 128 cm³/mol. The van der Waals surface area contributed by atoms with Crippen LogP contribution in [0, 0.1) is 17.0 Å². The summed E-state index contributed by atoms with van der Waals surface area (Å²) in [4.78, 5) is 11.3. The van der Waals surface area contributed by atoms with Crippen LogP contribution < -0.4 is 0 Å². The Kier molecular flexibility index (Phi) is 7.95. The molecule has 0 aliphatic rings. The van der Waals surface area contributed by atoms with Crippen LogP contribution in [0.4, 0.5) is 0 Å². The van der Waals surface area contributed by atoms with Crippen molar-refractivity contribution in [2.24, 2.45) is 4.40 Å². The fourth-order valence-corrected chi connectivity index (χ4v) is 4.66. The summed E-state index contributed by atoms with van der Waals surface area (Å²) in [6.07, 6.45) is 0. The average molecular weight is 467 g/mol. The van der Waals surface area contributed by atoms with Crippen molar-refractivity contribution in [2.75, 3.05) is 13.2 Å². The number of nitrogens with zero attached hydrogens (tertiary/aromatic N) is 2. The van der Waals surface area contributed by atoms with Crippen LogP contribution in [-0.2, 0) is 14.8 Å². The van der Waals surface area contributed by atoms with E-state index < -0.39 is 33.3 Å². The molecular formula is C25H26N2O5S. The van der Waals surface area contributed by atoms with Gasteiger partial charge in [0.1, 0.15) is 0 Å². The monoisotopic (exact) mass is 466 g/mol. The van der Waals surface area contributed by atoms with Crippen molar-refractivity contribution in [1.29, 1.82) is 0 Å². The Labute approximate surface area is 194 Å². The van der Waals surface area contributed by atoms with Gasteiger partial charge in [0.05, 0.1) is 23.3 Å². The van der Waals surface area contributed by atoms with Crippen LogP contribution in [-0.4, -0.2) is 32.4 Å². The number of ether oxygens (including phenoxy) is 1. The Morgan fingerprint density at radius 3 is 2.00 bits per heavy atom. The Bertz CT molecular complexity index is 1190. The molecule has 0 aromatic heterocycles. The lowest BCUT2D eigenvalue weighted by Gasteiger charge is -2.26. The summed E-state index contributed by atoms with van der Waals surface area (Å²) >= 11 is 0. The first-order chi connectivity index (χ1) is 15.8. The molecule has 0 N–H and O–H groups in total. The van der Waals surface area contributed by atoms with Crippen LogP contribution in [0.1, 0.15) is 35.4 Å². The molecule has 172 valence electrons. The van der Waals surface area contributed by atoms with Crippen LogP contribution in [0.25, 0.3) is 0 Å². The minimum Gasteiger partial charge on any atom is -0.480 e. The number of aryl methyl sites for hydroxylation is 1. The number of benzene rings is 3. The van der Waals surface area contributed by atoms with Gasteiger partial charge in [0.25, 0.3) is 10.0 Å². The van der Waals surface area contributed by atoms with Gasteiger partial charge in [0, 0.05) is 4.92 Å². The lowest BCUT2D eigenvalue weighted by atomic mass is 9.81. The second kappa shape index (κ2) is 10.9. The molecule has 3 rings (SSSR count). The first-order valence-corrected chi connectivity index (χ1v) is 12.0. The average Bonchev–Trinajstić information content (AvgIpc) is 2.80. The van der Waals surface area contributed by atoms with Gasteiger partial charge in [0.15, 0.2) is 0 Å². The number of sulfonamides is 1. The highest BCUT2D eigenvalue weighted by molar-refractivity contribution is 7.90. The summed E-state index contributed by atoms with van der Waals surface area (Å²) < 4.78 is 36.1. The second-order valence-electron chi connectivity index (χ2n) is 7.57. The third-order valence-electron chi connectivity index (χ3n) is 5.22. The molecule has 0 unspecified atom stereocenters. The zero-order valence-corrected chi connectivity index (χ0v) is 19.3. The topological polar surface area (TPSA) is 98.9 Å². The van der Waals surface area contributed by atoms with E-state index in [4.69, 9.17) is 4.74 Å². The molecular weight excluding hydrogens is 440 g/mol. The highest BCUT2D eigenvalue weighted by Gasteiger charge is 2.35. The number of nitro groups is 1. The first kappa shape index (κ1) is 24.1. The van der Waals surface area contributed by atoms with Crippen LogP contribution in [0.2, 0.25) is 0 Å². The van der Waals surface area contributed by atoms with Crippen LogP contribution >= 0.6 is 0 Å². The van der Waals surface area contributed by atoms with Gasteiger partial charge < -0.3 is 4.74 Å². The van der Waals surface area contributed by atoms with Crippen molar-refractivity contribution < 1.29 is 18.1 Å². The fraction of sp³-hybridized carbons (Fsp3) is 0.240. The molecule has 0 amide bonds. The molecule has 0 radical (unpaired) electrons. The molecule has 3 aromatic rings. The molecule has 0 saturated heterocycles. The van der Waals surface area contributed by atoms with E-state index >= 15 is 0 Å². The van der Waals surface area contributed by atoms with Gasteiger partial charge in [-0.15, -0.1) is 4.40 Å². The summed E-state index contributed by atoms with van der Waals surface area (Å²) in [7, 11) is -4.10. The first-order valence-electron chi connectivity index (χ1n) is 10.6. The van der Waals surface area contributed by atoms with Crippen molar-refractivity contribution in [3.05, 3.63) is 112 Å². The van der Waals surface area contributed by atoms with Gasteiger partial charge in [-0.05, 0) is 37.1 Å². The third-order valence-corrected chi connectivity index (χ3v) is 6.51. The van der Waals surface area contributed by atoms with Crippen molar-refractivity contribution in [1.82, 2.24) is 0 Å². The summed E-state index contributed by atoms with van der Waals surface area (Å²) in [5.41, 5.74) is 2.29. The number of rotatable bonds is 9. The van der Waals surface area contributed by atoms with Crippen LogP contribution in [0.3, 0.4) is 0 Å². The maximum Gasteiger partial charge on any atom is 0.285 e. The van der Waals surface area contributed by atoms with Gasteiger partial charge in [0.2, 0.25) is 12.4 Å². The van der Waals surface area contributed by atoms with Gasteiger partial charge in [-0.25, -0.2) is 0 Å². The van der Waals surface area contributed by atoms with E-state index in [1.54, 1.807) is 67.6 Å². The lowest BCUT2D eigenvalue weighted by molar-refractivity contribution is -0.483. The Hall–Kier alpha value is -3.52. The molecule has 2 atom stereocenters. The van der Waals surface area contributed by atoms with Gasteiger partial charge in [-0.1, -0.05) is 78.4 Å². The molecule has 0 aliphatic heterocycles. The molecule has 0 fully saturated rings. The van der Waals surface area contributed by atoms with Crippen LogP contribution in [0.5, 0.6) is 0 Å². The third kappa shape index (κ3) is 6.26. The molecule has 0 spiro atoms. The predicted octanol–water partition coefficient (Wildman–Crippen LogP) is 4.96. The Morgan fingerprint density at radius 1 is 0.939 bits per heavy atom. The van der Waals surface area contributed by atoms with Crippen molar-refractivity contribution >= 4 is 15.9 Å². The van der Waals surface area contributed by atoms with E-state index in [1.807, 2.05) is 19.1 Å². The molecule has 0 bridgehead atoms. The second-order valence-corrected chi connectivity index (χ2v) is 9.18. The minimum absolute atomic E-state index is 0.0302. The molecule has 7 nitrogen and oxygen atoms in total. The summed E-state index contributed by atoms with van der Waals surface area (Å²) in [6, 6.07) is 24.4. The van der Waals surface area contributed by atoms with Gasteiger partial charge in [-0.3, -0.25) is 10.1 Å². The van der Waals surface area contributed by atoms with E-state index in [1.165, 1.54) is 12.1 Å². The van der Waals surface area contributed by atoms with Crippen molar-refractivity contribution in [3.63, 3.8) is 0 Å². The summed E-state index contributed by atoms with van der Waals surface area (Å²) in [6.45, 7) is 3.33. The zero-order chi connectivity index (χ0) is 23.8. The van der Waals surface area contributed by atoms with E-state index in [0.717, 1.165) is 5.56 Å². The lowest BCUT2D eigenvalue weighted by Crippen LogP contribution is -2.28. The Balaban J connectivity index is 2.20. The normalized spacial score (nSPS) is 13.8. The quantitative estimate of drug-likeness (QED) is 0.192. The van der Waals surface area contributed by atoms with E-state index in [-0.39, 0.29) is 17.4 Å². The Morgan fingerprint density at radius 2 is 1.48 bits per heavy atom.